The van der Waals surface area contributed by atoms with Gasteiger partial charge in [-0.15, -0.1) is 0 Å². The number of rotatable bonds is 6. The van der Waals surface area contributed by atoms with E-state index in [9.17, 15) is 9.36 Å². The number of primary amides is 1. The number of nitrogens with two attached hydrogens (primary N) is 1. The van der Waals surface area contributed by atoms with Crippen LogP contribution in [0.5, 0.6) is 0 Å². The highest BCUT2D eigenvalue weighted by molar-refractivity contribution is 7.53. The minimum Gasteiger partial charge on any atom is -0.396 e. The van der Waals surface area contributed by atoms with Crippen molar-refractivity contribution in [2.24, 2.45) is 11.7 Å². The molecule has 3 N–H and O–H groups in total. The van der Waals surface area contributed by atoms with Crippen LogP contribution in [0.1, 0.15) is 0 Å². The Bertz CT molecular complexity index is 211. The summed E-state index contributed by atoms with van der Waals surface area (Å²) in [7, 11) is -0.852. The van der Waals surface area contributed by atoms with E-state index < -0.39 is 26.0 Å². The highest BCUT2D eigenvalue weighted by Gasteiger charge is 2.29. The van der Waals surface area contributed by atoms with E-state index in [-0.39, 0.29) is 6.16 Å². The Kier molecular flexibility index (Phi) is 5.17. The molecule has 0 saturated heterocycles. The van der Waals surface area contributed by atoms with Crippen molar-refractivity contribution in [3.8, 4) is 0 Å². The number of hydrogen-bond acceptors (Lipinski definition) is 5. The topological polar surface area (TPSA) is 98.9 Å². The lowest BCUT2D eigenvalue weighted by Crippen LogP contribution is -2.29. The van der Waals surface area contributed by atoms with Crippen LogP contribution in [0.3, 0.4) is 0 Å². The van der Waals surface area contributed by atoms with Crippen LogP contribution in [0.2, 0.25) is 0 Å². The molecule has 0 heterocycles. The standard InChI is InChI=1S/C6H14NO5P/c1-11-13(10,12-2)4-5(3-8)6(7)9/h5,8H,3-4H2,1-2H3,(H2,7,9). The molecular weight excluding hydrogens is 197 g/mol. The Morgan fingerprint density at radius 2 is 2.00 bits per heavy atom. The summed E-state index contributed by atoms with van der Waals surface area (Å²) in [6.07, 6.45) is -0.203. The van der Waals surface area contributed by atoms with Gasteiger partial charge in [0.05, 0.1) is 18.7 Å². The van der Waals surface area contributed by atoms with Crippen molar-refractivity contribution in [1.82, 2.24) is 0 Å². The first-order valence-corrected chi connectivity index (χ1v) is 5.32. The smallest absolute Gasteiger partial charge is 0.331 e. The number of hydrogen-bond donors (Lipinski definition) is 2. The van der Waals surface area contributed by atoms with E-state index in [0.717, 1.165) is 0 Å². The third-order valence-electron chi connectivity index (χ3n) is 1.62. The van der Waals surface area contributed by atoms with Gasteiger partial charge in [-0.1, -0.05) is 0 Å². The van der Waals surface area contributed by atoms with E-state index in [4.69, 9.17) is 10.8 Å². The molecule has 0 aliphatic carbocycles. The normalized spacial score (nSPS) is 14.1. The molecule has 0 aromatic heterocycles. The van der Waals surface area contributed by atoms with Gasteiger partial charge < -0.3 is 19.9 Å². The molecule has 0 aromatic rings. The van der Waals surface area contributed by atoms with Crippen LogP contribution in [0.4, 0.5) is 0 Å². The number of aliphatic hydroxyl groups excluding tert-OH is 1. The fourth-order valence-corrected chi connectivity index (χ4v) is 2.01. The zero-order valence-corrected chi connectivity index (χ0v) is 8.49. The van der Waals surface area contributed by atoms with Gasteiger partial charge in [-0.3, -0.25) is 9.36 Å². The molecule has 0 aliphatic rings. The summed E-state index contributed by atoms with van der Waals surface area (Å²) >= 11 is 0. The van der Waals surface area contributed by atoms with Gasteiger partial charge in [0.15, 0.2) is 0 Å². The number of carbonyl (C=O) groups is 1. The fourth-order valence-electron chi connectivity index (χ4n) is 0.731. The average Bonchev–Trinajstić information content (AvgIpc) is 2.13. The Balaban J connectivity index is 4.37. The van der Waals surface area contributed by atoms with Crippen LogP contribution >= 0.6 is 7.60 Å². The van der Waals surface area contributed by atoms with Crippen molar-refractivity contribution in [3.05, 3.63) is 0 Å². The maximum atomic E-state index is 11.5. The summed E-state index contributed by atoms with van der Waals surface area (Å²) in [5.74, 6) is -1.62. The predicted octanol–water partition coefficient (Wildman–Crippen LogP) is -0.434. The summed E-state index contributed by atoms with van der Waals surface area (Å²) in [6.45, 7) is -0.466. The second kappa shape index (κ2) is 5.34. The Hall–Kier alpha value is -0.420. The van der Waals surface area contributed by atoms with Crippen LogP contribution in [0.25, 0.3) is 0 Å². The van der Waals surface area contributed by atoms with Gasteiger partial charge in [0, 0.05) is 14.2 Å². The lowest BCUT2D eigenvalue weighted by Gasteiger charge is -2.17. The third-order valence-corrected chi connectivity index (χ3v) is 3.62. The van der Waals surface area contributed by atoms with Crippen molar-refractivity contribution < 1.29 is 23.5 Å². The van der Waals surface area contributed by atoms with E-state index >= 15 is 0 Å². The van der Waals surface area contributed by atoms with Gasteiger partial charge in [0.25, 0.3) is 0 Å². The molecule has 0 aromatic carbocycles. The molecule has 0 saturated carbocycles. The van der Waals surface area contributed by atoms with Crippen LogP contribution < -0.4 is 5.73 Å². The summed E-state index contributed by atoms with van der Waals surface area (Å²) in [4.78, 5) is 10.7. The number of aliphatic hydroxyl groups is 1. The molecule has 0 rings (SSSR count). The van der Waals surface area contributed by atoms with Crippen LogP contribution in [-0.4, -0.2) is 38.0 Å². The molecule has 0 spiro atoms. The van der Waals surface area contributed by atoms with E-state index in [1.165, 1.54) is 14.2 Å². The Morgan fingerprint density at radius 3 is 2.23 bits per heavy atom. The van der Waals surface area contributed by atoms with E-state index in [1.807, 2.05) is 0 Å². The van der Waals surface area contributed by atoms with Crippen molar-refractivity contribution in [2.45, 2.75) is 0 Å². The molecule has 7 heteroatoms. The largest absolute Gasteiger partial charge is 0.396 e. The van der Waals surface area contributed by atoms with Crippen LogP contribution in [0, 0.1) is 5.92 Å². The van der Waals surface area contributed by atoms with Crippen LogP contribution in [0.15, 0.2) is 0 Å². The quantitative estimate of drug-likeness (QED) is 0.580. The van der Waals surface area contributed by atoms with E-state index in [2.05, 4.69) is 9.05 Å². The molecule has 0 fully saturated rings. The average molecular weight is 211 g/mol. The maximum absolute atomic E-state index is 11.5. The minimum atomic E-state index is -3.27. The molecule has 0 radical (unpaired) electrons. The maximum Gasteiger partial charge on any atom is 0.331 e. The van der Waals surface area contributed by atoms with Crippen molar-refractivity contribution in [2.75, 3.05) is 27.0 Å². The lowest BCUT2D eigenvalue weighted by molar-refractivity contribution is -0.122. The van der Waals surface area contributed by atoms with Gasteiger partial charge in [-0.25, -0.2) is 0 Å². The molecule has 13 heavy (non-hydrogen) atoms. The minimum absolute atomic E-state index is 0.203. The van der Waals surface area contributed by atoms with Crippen LogP contribution in [-0.2, 0) is 18.4 Å². The Morgan fingerprint density at radius 1 is 1.54 bits per heavy atom. The number of amides is 1. The van der Waals surface area contributed by atoms with Crippen molar-refractivity contribution in [3.63, 3.8) is 0 Å². The first-order valence-electron chi connectivity index (χ1n) is 3.59. The molecule has 1 atom stereocenters. The van der Waals surface area contributed by atoms with Crippen molar-refractivity contribution >= 4 is 13.5 Å². The molecule has 6 nitrogen and oxygen atoms in total. The van der Waals surface area contributed by atoms with Crippen molar-refractivity contribution in [1.29, 1.82) is 0 Å². The van der Waals surface area contributed by atoms with Gasteiger partial charge in [0.1, 0.15) is 0 Å². The lowest BCUT2D eigenvalue weighted by atomic mass is 10.2. The SMILES string of the molecule is COP(=O)(CC(CO)C(N)=O)OC. The molecule has 0 bridgehead atoms. The van der Waals surface area contributed by atoms with Gasteiger partial charge in [-0.2, -0.15) is 0 Å². The summed E-state index contributed by atoms with van der Waals surface area (Å²) in [5.41, 5.74) is 4.93. The van der Waals surface area contributed by atoms with Gasteiger partial charge in [0.2, 0.25) is 5.91 Å². The molecule has 78 valence electrons. The Labute approximate surface area is 76.5 Å². The summed E-state index contributed by atoms with van der Waals surface area (Å²) in [5, 5.41) is 8.72. The second-order valence-corrected chi connectivity index (χ2v) is 4.76. The molecule has 0 aliphatic heterocycles. The highest BCUT2D eigenvalue weighted by atomic mass is 31.2. The third kappa shape index (κ3) is 3.87. The monoisotopic (exact) mass is 211 g/mol. The first kappa shape index (κ1) is 12.6. The zero-order valence-electron chi connectivity index (χ0n) is 7.60. The molecule has 1 amide bonds. The van der Waals surface area contributed by atoms with E-state index in [0.29, 0.717) is 0 Å². The highest BCUT2D eigenvalue weighted by Crippen LogP contribution is 2.47. The fraction of sp³-hybridized carbons (Fsp3) is 0.833. The molecular formula is C6H14NO5P. The summed E-state index contributed by atoms with van der Waals surface area (Å²) < 4.78 is 20.6. The molecule has 1 unspecified atom stereocenters. The van der Waals surface area contributed by atoms with Gasteiger partial charge >= 0.3 is 7.60 Å². The first-order chi connectivity index (χ1) is 5.99. The number of carbonyl (C=O) groups excluding carboxylic acids is 1. The second-order valence-electron chi connectivity index (χ2n) is 2.44. The van der Waals surface area contributed by atoms with Gasteiger partial charge in [-0.05, 0) is 0 Å². The zero-order chi connectivity index (χ0) is 10.5. The summed E-state index contributed by atoms with van der Waals surface area (Å²) in [6, 6.07) is 0. The predicted molar refractivity (Wildman–Crippen MR) is 46.3 cm³/mol. The van der Waals surface area contributed by atoms with E-state index in [1.54, 1.807) is 0 Å².